The van der Waals surface area contributed by atoms with E-state index in [1.807, 2.05) is 0 Å². The fourth-order valence-corrected chi connectivity index (χ4v) is 4.75. The van der Waals surface area contributed by atoms with Gasteiger partial charge in [0.05, 0.1) is 11.0 Å². The summed E-state index contributed by atoms with van der Waals surface area (Å²) >= 11 is 1.38. The number of rotatable bonds is 4. The lowest BCUT2D eigenvalue weighted by atomic mass is 10.3. The number of hydrogen-bond donors (Lipinski definition) is 1. The van der Waals surface area contributed by atoms with E-state index in [1.165, 1.54) is 15.6 Å². The summed E-state index contributed by atoms with van der Waals surface area (Å²) in [6, 6.07) is 1.63. The summed E-state index contributed by atoms with van der Waals surface area (Å²) in [5, 5.41) is 1.76. The van der Waals surface area contributed by atoms with E-state index in [-0.39, 0.29) is 12.6 Å². The van der Waals surface area contributed by atoms with Crippen molar-refractivity contribution in [2.75, 3.05) is 20.2 Å². The van der Waals surface area contributed by atoms with Crippen molar-refractivity contribution in [3.8, 4) is 0 Å². The van der Waals surface area contributed by atoms with Gasteiger partial charge in [-0.05, 0) is 17.9 Å². The molecule has 1 aromatic heterocycles. The van der Waals surface area contributed by atoms with E-state index in [1.54, 1.807) is 18.6 Å². The van der Waals surface area contributed by atoms with E-state index >= 15 is 0 Å². The number of nitrogens with zero attached hydrogens (tertiary/aromatic N) is 1. The third kappa shape index (κ3) is 2.38. The molecule has 0 aliphatic carbocycles. The van der Waals surface area contributed by atoms with Gasteiger partial charge in [0.2, 0.25) is 10.0 Å². The second kappa shape index (κ2) is 5.03. The van der Waals surface area contributed by atoms with Crippen LogP contribution in [0.3, 0.4) is 0 Å². The zero-order chi connectivity index (χ0) is 12.5. The van der Waals surface area contributed by atoms with Gasteiger partial charge in [0.15, 0.2) is 0 Å². The first-order chi connectivity index (χ1) is 8.09. The summed E-state index contributed by atoms with van der Waals surface area (Å²) in [6.07, 6.45) is 0.752. The molecule has 2 N–H and O–H groups in total. The lowest BCUT2D eigenvalue weighted by Crippen LogP contribution is -2.30. The van der Waals surface area contributed by atoms with Crippen molar-refractivity contribution in [3.05, 3.63) is 16.3 Å². The molecular formula is C10H16N2O3S2. The molecule has 1 aliphatic rings. The van der Waals surface area contributed by atoms with E-state index in [2.05, 4.69) is 0 Å². The molecule has 1 aromatic rings. The molecule has 0 amide bonds. The molecule has 96 valence electrons. The molecule has 1 unspecified atom stereocenters. The number of hydrogen-bond acceptors (Lipinski definition) is 5. The molecule has 0 saturated carbocycles. The lowest BCUT2D eigenvalue weighted by molar-refractivity contribution is 0.115. The minimum absolute atomic E-state index is 0.00439. The SMILES string of the molecule is COC1CCN(S(=O)(=O)c2ccsc2CN)C1. The van der Waals surface area contributed by atoms with Gasteiger partial charge in [-0.1, -0.05) is 0 Å². The van der Waals surface area contributed by atoms with Crippen LogP contribution in [0.25, 0.3) is 0 Å². The van der Waals surface area contributed by atoms with Crippen LogP contribution in [0.2, 0.25) is 0 Å². The number of methoxy groups -OCH3 is 1. The van der Waals surface area contributed by atoms with Crippen molar-refractivity contribution in [1.29, 1.82) is 0 Å². The Kier molecular flexibility index (Phi) is 3.84. The zero-order valence-electron chi connectivity index (χ0n) is 9.63. The number of thiophene rings is 1. The quantitative estimate of drug-likeness (QED) is 0.875. The Morgan fingerprint density at radius 3 is 3.00 bits per heavy atom. The minimum atomic E-state index is -3.40. The van der Waals surface area contributed by atoms with Crippen LogP contribution < -0.4 is 5.73 Å². The van der Waals surface area contributed by atoms with Gasteiger partial charge in [-0.25, -0.2) is 8.42 Å². The van der Waals surface area contributed by atoms with Crippen molar-refractivity contribution in [1.82, 2.24) is 4.31 Å². The predicted molar refractivity (Wildman–Crippen MR) is 66.4 cm³/mol. The molecule has 2 rings (SSSR count). The molecule has 1 aliphatic heterocycles. The molecule has 5 nitrogen and oxygen atoms in total. The standard InChI is InChI=1S/C10H16N2O3S2/c1-15-8-2-4-12(7-8)17(13,14)10-3-5-16-9(10)6-11/h3,5,8H,2,4,6-7,11H2,1H3. The van der Waals surface area contributed by atoms with Crippen LogP contribution in [-0.2, 0) is 21.3 Å². The van der Waals surface area contributed by atoms with Gasteiger partial charge in [0.25, 0.3) is 0 Å². The minimum Gasteiger partial charge on any atom is -0.380 e. The van der Waals surface area contributed by atoms with Gasteiger partial charge in [-0.15, -0.1) is 11.3 Å². The monoisotopic (exact) mass is 276 g/mol. The Balaban J connectivity index is 2.26. The van der Waals surface area contributed by atoms with Gasteiger partial charge in [0, 0.05) is 31.6 Å². The van der Waals surface area contributed by atoms with Crippen molar-refractivity contribution in [2.24, 2.45) is 5.73 Å². The van der Waals surface area contributed by atoms with E-state index in [0.717, 1.165) is 6.42 Å². The van der Waals surface area contributed by atoms with Crippen molar-refractivity contribution in [3.63, 3.8) is 0 Å². The average molecular weight is 276 g/mol. The molecule has 1 atom stereocenters. The van der Waals surface area contributed by atoms with E-state index in [4.69, 9.17) is 10.5 Å². The van der Waals surface area contributed by atoms with E-state index in [9.17, 15) is 8.42 Å². The zero-order valence-corrected chi connectivity index (χ0v) is 11.3. The molecule has 1 fully saturated rings. The van der Waals surface area contributed by atoms with Crippen LogP contribution in [0.15, 0.2) is 16.3 Å². The molecule has 1 saturated heterocycles. The summed E-state index contributed by atoms with van der Waals surface area (Å²) in [7, 11) is -1.79. The Morgan fingerprint density at radius 2 is 2.41 bits per heavy atom. The molecule has 0 radical (unpaired) electrons. The van der Waals surface area contributed by atoms with Crippen molar-refractivity contribution >= 4 is 21.4 Å². The average Bonchev–Trinajstić information content (AvgIpc) is 2.97. The summed E-state index contributed by atoms with van der Waals surface area (Å²) in [4.78, 5) is 1.06. The third-order valence-corrected chi connectivity index (χ3v) is 5.97. The largest absolute Gasteiger partial charge is 0.380 e. The fourth-order valence-electron chi connectivity index (χ4n) is 1.95. The third-order valence-electron chi connectivity index (χ3n) is 2.95. The number of sulfonamides is 1. The Labute approximate surface area is 105 Å². The van der Waals surface area contributed by atoms with Crippen LogP contribution >= 0.6 is 11.3 Å². The fraction of sp³-hybridized carbons (Fsp3) is 0.600. The Hall–Kier alpha value is -0.470. The Morgan fingerprint density at radius 1 is 1.65 bits per heavy atom. The highest BCUT2D eigenvalue weighted by atomic mass is 32.2. The highest BCUT2D eigenvalue weighted by Gasteiger charge is 2.33. The van der Waals surface area contributed by atoms with Gasteiger partial charge in [-0.2, -0.15) is 4.31 Å². The van der Waals surface area contributed by atoms with E-state index in [0.29, 0.717) is 22.9 Å². The van der Waals surface area contributed by atoms with Crippen molar-refractivity contribution < 1.29 is 13.2 Å². The van der Waals surface area contributed by atoms with Crippen LogP contribution in [-0.4, -0.2) is 39.0 Å². The molecule has 0 aromatic carbocycles. The highest BCUT2D eigenvalue weighted by molar-refractivity contribution is 7.89. The van der Waals surface area contributed by atoms with Gasteiger partial charge in [-0.3, -0.25) is 0 Å². The summed E-state index contributed by atoms with van der Waals surface area (Å²) in [5.41, 5.74) is 5.55. The van der Waals surface area contributed by atoms with Crippen LogP contribution in [0.1, 0.15) is 11.3 Å². The smallest absolute Gasteiger partial charge is 0.244 e. The molecular weight excluding hydrogens is 260 g/mol. The molecule has 7 heteroatoms. The van der Waals surface area contributed by atoms with Gasteiger partial charge >= 0.3 is 0 Å². The number of ether oxygens (including phenoxy) is 1. The predicted octanol–water partition coefficient (Wildman–Crippen LogP) is 0.616. The first kappa shape index (κ1) is 13.0. The maximum Gasteiger partial charge on any atom is 0.244 e. The topological polar surface area (TPSA) is 72.6 Å². The summed E-state index contributed by atoms with van der Waals surface area (Å²) < 4.78 is 31.4. The van der Waals surface area contributed by atoms with Crippen LogP contribution in [0.4, 0.5) is 0 Å². The second-order valence-corrected chi connectivity index (χ2v) is 6.83. The molecule has 0 spiro atoms. The van der Waals surface area contributed by atoms with Crippen LogP contribution in [0, 0.1) is 0 Å². The van der Waals surface area contributed by atoms with Crippen molar-refractivity contribution in [2.45, 2.75) is 24.0 Å². The Bertz CT molecular complexity index is 483. The second-order valence-electron chi connectivity index (χ2n) is 3.92. The number of nitrogens with two attached hydrogens (primary N) is 1. The molecule has 0 bridgehead atoms. The van der Waals surface area contributed by atoms with Crippen LogP contribution in [0.5, 0.6) is 0 Å². The lowest BCUT2D eigenvalue weighted by Gasteiger charge is -2.16. The first-order valence-corrected chi connectivity index (χ1v) is 7.71. The highest BCUT2D eigenvalue weighted by Crippen LogP contribution is 2.27. The maximum absolute atomic E-state index is 12.4. The molecule has 2 heterocycles. The maximum atomic E-state index is 12.4. The first-order valence-electron chi connectivity index (χ1n) is 5.39. The normalized spacial score (nSPS) is 22.1. The van der Waals surface area contributed by atoms with Gasteiger partial charge < -0.3 is 10.5 Å². The summed E-state index contributed by atoms with van der Waals surface area (Å²) in [6.45, 7) is 1.20. The van der Waals surface area contributed by atoms with Gasteiger partial charge in [0.1, 0.15) is 0 Å². The summed E-state index contributed by atoms with van der Waals surface area (Å²) in [5.74, 6) is 0. The molecule has 17 heavy (non-hydrogen) atoms. The van der Waals surface area contributed by atoms with E-state index < -0.39 is 10.0 Å².